The third-order valence-corrected chi connectivity index (χ3v) is 11.4. The van der Waals surface area contributed by atoms with Gasteiger partial charge in [-0.1, -0.05) is 230 Å². The van der Waals surface area contributed by atoms with Gasteiger partial charge in [-0.2, -0.15) is 0 Å². The molecule has 3 unspecified atom stereocenters. The second-order valence-electron chi connectivity index (χ2n) is 17.1. The molecule has 56 heavy (non-hydrogen) atoms. The number of amides is 1. The second-order valence-corrected chi connectivity index (χ2v) is 17.1. The van der Waals surface area contributed by atoms with E-state index in [0.717, 1.165) is 32.1 Å². The highest BCUT2D eigenvalue weighted by Crippen LogP contribution is 2.16. The Balaban J connectivity index is 3.64. The van der Waals surface area contributed by atoms with Crippen LogP contribution in [0.1, 0.15) is 258 Å². The fraction of sp³-hybridized carbons (Fsp3) is 0.863. The first-order valence-electron chi connectivity index (χ1n) is 24.8. The van der Waals surface area contributed by atoms with E-state index in [2.05, 4.69) is 43.5 Å². The number of carbonyl (C=O) groups is 1. The Morgan fingerprint density at radius 2 is 0.768 bits per heavy atom. The molecule has 0 aromatic carbocycles. The summed E-state index contributed by atoms with van der Waals surface area (Å²) in [6, 6.07) is -0.761. The molecule has 4 N–H and O–H groups in total. The van der Waals surface area contributed by atoms with Crippen molar-refractivity contribution in [3.8, 4) is 0 Å². The van der Waals surface area contributed by atoms with Gasteiger partial charge in [0.05, 0.1) is 31.3 Å². The third-order valence-electron chi connectivity index (χ3n) is 11.4. The van der Waals surface area contributed by atoms with Crippen molar-refractivity contribution < 1.29 is 20.1 Å². The largest absolute Gasteiger partial charge is 0.394 e. The summed E-state index contributed by atoms with van der Waals surface area (Å²) in [5.74, 6) is -0.325. The number of nitrogens with one attached hydrogen (secondary N) is 1. The number of unbranched alkanes of at least 4 members (excludes halogenated alkanes) is 32. The lowest BCUT2D eigenvalue weighted by Gasteiger charge is -2.21. The number of rotatable bonds is 45. The van der Waals surface area contributed by atoms with Gasteiger partial charge in [-0.25, -0.2) is 0 Å². The highest BCUT2D eigenvalue weighted by molar-refractivity contribution is 5.76. The Morgan fingerprint density at radius 3 is 1.14 bits per heavy atom. The van der Waals surface area contributed by atoms with Crippen LogP contribution in [0, 0.1) is 0 Å². The van der Waals surface area contributed by atoms with Crippen LogP contribution in [-0.2, 0) is 4.79 Å². The van der Waals surface area contributed by atoms with Gasteiger partial charge < -0.3 is 20.6 Å². The van der Waals surface area contributed by atoms with E-state index in [1.807, 2.05) is 6.08 Å². The van der Waals surface area contributed by atoms with Gasteiger partial charge in [0.1, 0.15) is 0 Å². The normalized spacial score (nSPS) is 13.7. The van der Waals surface area contributed by atoms with Crippen molar-refractivity contribution >= 4 is 5.91 Å². The van der Waals surface area contributed by atoms with Crippen molar-refractivity contribution in [2.75, 3.05) is 6.61 Å². The van der Waals surface area contributed by atoms with Crippen LogP contribution in [0.25, 0.3) is 0 Å². The zero-order chi connectivity index (χ0) is 40.8. The van der Waals surface area contributed by atoms with Gasteiger partial charge in [0.15, 0.2) is 0 Å². The molecule has 0 radical (unpaired) electrons. The van der Waals surface area contributed by atoms with E-state index >= 15 is 0 Å². The molecule has 0 saturated heterocycles. The van der Waals surface area contributed by atoms with Crippen molar-refractivity contribution in [3.63, 3.8) is 0 Å². The Labute approximate surface area is 349 Å². The van der Waals surface area contributed by atoms with Gasteiger partial charge in [-0.3, -0.25) is 4.79 Å². The van der Waals surface area contributed by atoms with Crippen LogP contribution >= 0.6 is 0 Å². The molecule has 0 fully saturated rings. The third kappa shape index (κ3) is 42.2. The van der Waals surface area contributed by atoms with E-state index < -0.39 is 18.2 Å². The summed E-state index contributed by atoms with van der Waals surface area (Å²) in [4.78, 5) is 12.5. The highest BCUT2D eigenvalue weighted by Gasteiger charge is 2.20. The first-order valence-corrected chi connectivity index (χ1v) is 24.8. The van der Waals surface area contributed by atoms with Gasteiger partial charge in [0.2, 0.25) is 5.91 Å². The second kappa shape index (κ2) is 46.3. The SMILES string of the molecule is CCCCCCCCCCCCC/C=C/CC/C=C/C(O)C(CO)NC(=O)CC(O)CCCCCCCCCC/C=C\CCCCCCCCCCCCCC. The molecule has 5 nitrogen and oxygen atoms in total. The monoisotopic (exact) mass is 788 g/mol. The van der Waals surface area contributed by atoms with E-state index in [4.69, 9.17) is 0 Å². The lowest BCUT2D eigenvalue weighted by atomic mass is 10.0. The number of hydrogen-bond donors (Lipinski definition) is 4. The molecule has 0 aliphatic heterocycles. The summed E-state index contributed by atoms with van der Waals surface area (Å²) in [7, 11) is 0. The molecule has 0 aromatic heterocycles. The van der Waals surface area contributed by atoms with Crippen LogP contribution in [0.2, 0.25) is 0 Å². The van der Waals surface area contributed by atoms with Crippen LogP contribution in [0.3, 0.4) is 0 Å². The van der Waals surface area contributed by atoms with Gasteiger partial charge in [-0.05, 0) is 57.8 Å². The van der Waals surface area contributed by atoms with E-state index in [0.29, 0.717) is 6.42 Å². The maximum Gasteiger partial charge on any atom is 0.222 e. The van der Waals surface area contributed by atoms with Crippen molar-refractivity contribution in [3.05, 3.63) is 36.5 Å². The minimum atomic E-state index is -0.952. The maximum atomic E-state index is 12.5. The van der Waals surface area contributed by atoms with Crippen LogP contribution in [0.15, 0.2) is 36.5 Å². The molecule has 0 spiro atoms. The van der Waals surface area contributed by atoms with E-state index in [-0.39, 0.29) is 18.9 Å². The number of aliphatic hydroxyl groups excluding tert-OH is 3. The predicted molar refractivity (Wildman–Crippen MR) is 245 cm³/mol. The van der Waals surface area contributed by atoms with Crippen molar-refractivity contribution in [2.45, 2.75) is 276 Å². The smallest absolute Gasteiger partial charge is 0.222 e. The summed E-state index contributed by atoms with van der Waals surface area (Å²) in [6.45, 7) is 4.22. The topological polar surface area (TPSA) is 89.8 Å². The molecule has 1 amide bonds. The lowest BCUT2D eigenvalue weighted by Crippen LogP contribution is -2.45. The number of aliphatic hydroxyl groups is 3. The summed E-state index contributed by atoms with van der Waals surface area (Å²) in [5, 5.41) is 33.3. The van der Waals surface area contributed by atoms with Gasteiger partial charge in [-0.15, -0.1) is 0 Å². The Kier molecular flexibility index (Phi) is 45.1. The molecule has 0 heterocycles. The van der Waals surface area contributed by atoms with Crippen LogP contribution < -0.4 is 5.32 Å². The Bertz CT molecular complexity index is 870. The molecule has 0 rings (SSSR count). The van der Waals surface area contributed by atoms with Crippen molar-refractivity contribution in [1.82, 2.24) is 5.32 Å². The minimum absolute atomic E-state index is 0.00462. The van der Waals surface area contributed by atoms with Crippen LogP contribution in [0.4, 0.5) is 0 Å². The van der Waals surface area contributed by atoms with Gasteiger partial charge in [0, 0.05) is 0 Å². The van der Waals surface area contributed by atoms with E-state index in [1.54, 1.807) is 6.08 Å². The molecule has 0 aliphatic rings. The Morgan fingerprint density at radius 1 is 0.446 bits per heavy atom. The number of carbonyl (C=O) groups excluding carboxylic acids is 1. The fourth-order valence-corrected chi connectivity index (χ4v) is 7.59. The molecule has 0 saturated carbocycles. The fourth-order valence-electron chi connectivity index (χ4n) is 7.59. The summed E-state index contributed by atoms with van der Waals surface area (Å²) in [6.07, 6.45) is 58.8. The van der Waals surface area contributed by atoms with Crippen LogP contribution in [-0.4, -0.2) is 46.1 Å². The number of allylic oxidation sites excluding steroid dienone is 5. The average Bonchev–Trinajstić information content (AvgIpc) is 3.19. The van der Waals surface area contributed by atoms with E-state index in [1.165, 1.54) is 199 Å². The van der Waals surface area contributed by atoms with Gasteiger partial charge in [0.25, 0.3) is 0 Å². The molecular weight excluding hydrogens is 691 g/mol. The average molecular weight is 788 g/mol. The number of hydrogen-bond acceptors (Lipinski definition) is 4. The maximum absolute atomic E-state index is 12.5. The summed E-state index contributed by atoms with van der Waals surface area (Å²) in [5.41, 5.74) is 0. The zero-order valence-electron chi connectivity index (χ0n) is 37.5. The first-order chi connectivity index (χ1) is 27.5. The van der Waals surface area contributed by atoms with Gasteiger partial charge >= 0.3 is 0 Å². The molecule has 5 heteroatoms. The summed E-state index contributed by atoms with van der Waals surface area (Å²) < 4.78 is 0. The van der Waals surface area contributed by atoms with Crippen molar-refractivity contribution in [2.24, 2.45) is 0 Å². The quantitative estimate of drug-likeness (QED) is 0.0365. The molecule has 0 aromatic rings. The first kappa shape index (κ1) is 54.6. The predicted octanol–water partition coefficient (Wildman–Crippen LogP) is 14.7. The standard InChI is InChI=1S/C51H97NO4/c1-3-5-7-9-11-13-15-17-19-21-22-23-24-25-26-27-29-30-32-34-36-38-40-42-44-48(54)46-51(56)52-49(47-53)50(55)45-43-41-39-37-35-33-31-28-20-18-16-14-12-10-8-6-4-2/h25-26,35,37,43,45,48-50,53-55H,3-24,27-34,36,38-42,44,46-47H2,1-2H3,(H,52,56)/b26-25-,37-35+,45-43+. The molecular formula is C51H97NO4. The lowest BCUT2D eigenvalue weighted by molar-refractivity contribution is -0.124. The van der Waals surface area contributed by atoms with Crippen molar-refractivity contribution in [1.29, 1.82) is 0 Å². The molecule has 330 valence electrons. The molecule has 0 aliphatic carbocycles. The van der Waals surface area contributed by atoms with E-state index in [9.17, 15) is 20.1 Å². The van der Waals surface area contributed by atoms with Crippen LogP contribution in [0.5, 0.6) is 0 Å². The molecule has 3 atom stereocenters. The zero-order valence-corrected chi connectivity index (χ0v) is 37.5. The Hall–Kier alpha value is -1.43. The summed E-state index contributed by atoms with van der Waals surface area (Å²) >= 11 is 0. The minimum Gasteiger partial charge on any atom is -0.394 e. The highest BCUT2D eigenvalue weighted by atomic mass is 16.3. The molecule has 0 bridgehead atoms.